The van der Waals surface area contributed by atoms with Crippen LogP contribution in [0, 0.1) is 18.3 Å². The number of rotatable bonds is 7. The van der Waals surface area contributed by atoms with Crippen molar-refractivity contribution < 1.29 is 18.9 Å². The van der Waals surface area contributed by atoms with Crippen LogP contribution in [0.5, 0.6) is 5.88 Å². The molecule has 3 heterocycles. The number of piperidine rings is 1. The molecule has 1 aromatic rings. The maximum atomic E-state index is 13.5. The number of nitrogens with one attached hydrogen (secondary N) is 1. The third kappa shape index (κ3) is 4.48. The lowest BCUT2D eigenvalue weighted by Crippen LogP contribution is -2.61. The highest BCUT2D eigenvalue weighted by molar-refractivity contribution is 5.83. The van der Waals surface area contributed by atoms with Crippen LogP contribution in [0.4, 0.5) is 0 Å². The van der Waals surface area contributed by atoms with Crippen molar-refractivity contribution in [3.8, 4) is 5.88 Å². The summed E-state index contributed by atoms with van der Waals surface area (Å²) in [5.41, 5.74) is 0.329. The van der Waals surface area contributed by atoms with Crippen LogP contribution in [0.2, 0.25) is 0 Å². The second-order valence-corrected chi connectivity index (χ2v) is 8.85. The van der Waals surface area contributed by atoms with Gasteiger partial charge in [0.2, 0.25) is 5.91 Å². The van der Waals surface area contributed by atoms with Crippen molar-refractivity contribution in [1.29, 1.82) is 0 Å². The SMILES string of the molecule is CCN1CC[C@@H]2C[C@@H](N3CCOCC3)CC[C@@]2(C(=O)NCCOc2nonc2C)C1. The Morgan fingerprint density at radius 2 is 2.10 bits per heavy atom. The fourth-order valence-electron chi connectivity index (χ4n) is 5.48. The summed E-state index contributed by atoms with van der Waals surface area (Å²) in [6, 6.07) is 0.582. The molecule has 3 aliphatic rings. The summed E-state index contributed by atoms with van der Waals surface area (Å²) in [4.78, 5) is 18.5. The highest BCUT2D eigenvalue weighted by atomic mass is 16.6. The Kier molecular flexibility index (Phi) is 6.90. The number of aromatic nitrogens is 2. The number of aryl methyl sites for hydroxylation is 1. The van der Waals surface area contributed by atoms with Gasteiger partial charge in [-0.3, -0.25) is 9.69 Å². The molecule has 0 spiro atoms. The number of amides is 1. The third-order valence-electron chi connectivity index (χ3n) is 7.26. The number of hydrogen-bond donors (Lipinski definition) is 1. The molecule has 2 aliphatic heterocycles. The zero-order valence-electron chi connectivity index (χ0n) is 18.3. The summed E-state index contributed by atoms with van der Waals surface area (Å²) in [5, 5.41) is 10.6. The maximum absolute atomic E-state index is 13.5. The van der Waals surface area contributed by atoms with Gasteiger partial charge in [0.05, 0.1) is 25.2 Å². The molecule has 9 nitrogen and oxygen atoms in total. The van der Waals surface area contributed by atoms with Crippen LogP contribution in [-0.4, -0.2) is 91.2 Å². The Morgan fingerprint density at radius 3 is 2.83 bits per heavy atom. The molecule has 168 valence electrons. The first kappa shape index (κ1) is 21.5. The molecule has 0 bridgehead atoms. The Bertz CT molecular complexity index is 707. The molecular formula is C21H35N5O4. The van der Waals surface area contributed by atoms with E-state index in [1.807, 2.05) is 0 Å². The number of carbonyl (C=O) groups excluding carboxylic acids is 1. The molecule has 3 fully saturated rings. The van der Waals surface area contributed by atoms with Gasteiger partial charge in [-0.1, -0.05) is 12.1 Å². The number of nitrogens with zero attached hydrogens (tertiary/aromatic N) is 4. The predicted molar refractivity (Wildman–Crippen MR) is 110 cm³/mol. The van der Waals surface area contributed by atoms with Crippen molar-refractivity contribution in [1.82, 2.24) is 25.4 Å². The van der Waals surface area contributed by atoms with E-state index in [-0.39, 0.29) is 11.3 Å². The highest BCUT2D eigenvalue weighted by Gasteiger charge is 2.52. The molecular weight excluding hydrogens is 386 g/mol. The predicted octanol–water partition coefficient (Wildman–Crippen LogP) is 1.09. The van der Waals surface area contributed by atoms with Crippen molar-refractivity contribution in [3.63, 3.8) is 0 Å². The first-order valence-electron chi connectivity index (χ1n) is 11.4. The van der Waals surface area contributed by atoms with Gasteiger partial charge in [0.15, 0.2) is 0 Å². The molecule has 1 N–H and O–H groups in total. The van der Waals surface area contributed by atoms with Gasteiger partial charge in [-0.15, -0.1) is 0 Å². The minimum absolute atomic E-state index is 0.185. The van der Waals surface area contributed by atoms with Crippen LogP contribution in [0.3, 0.4) is 0 Å². The highest BCUT2D eigenvalue weighted by Crippen LogP contribution is 2.47. The number of ether oxygens (including phenoxy) is 2. The van der Waals surface area contributed by atoms with Gasteiger partial charge < -0.3 is 19.7 Å². The van der Waals surface area contributed by atoms with Crippen LogP contribution in [0.15, 0.2) is 4.63 Å². The van der Waals surface area contributed by atoms with E-state index < -0.39 is 0 Å². The van der Waals surface area contributed by atoms with Crippen LogP contribution in [0.1, 0.15) is 38.3 Å². The van der Waals surface area contributed by atoms with Crippen molar-refractivity contribution in [3.05, 3.63) is 5.69 Å². The Hall–Kier alpha value is -1.71. The average Bonchev–Trinajstić information content (AvgIpc) is 3.20. The van der Waals surface area contributed by atoms with Crippen molar-refractivity contribution in [2.75, 3.05) is 59.1 Å². The lowest BCUT2D eigenvalue weighted by Gasteiger charge is -2.53. The maximum Gasteiger partial charge on any atom is 0.278 e. The molecule has 4 rings (SSSR count). The zero-order valence-corrected chi connectivity index (χ0v) is 18.3. The van der Waals surface area contributed by atoms with E-state index in [1.165, 1.54) is 0 Å². The summed E-state index contributed by atoms with van der Waals surface area (Å²) < 4.78 is 15.8. The van der Waals surface area contributed by atoms with E-state index in [9.17, 15) is 4.79 Å². The summed E-state index contributed by atoms with van der Waals surface area (Å²) in [6.07, 6.45) is 4.25. The van der Waals surface area contributed by atoms with E-state index in [0.717, 1.165) is 71.6 Å². The molecule has 3 atom stereocenters. The van der Waals surface area contributed by atoms with Gasteiger partial charge in [0, 0.05) is 25.7 Å². The molecule has 1 amide bonds. The van der Waals surface area contributed by atoms with Crippen LogP contribution < -0.4 is 10.1 Å². The first-order valence-corrected chi connectivity index (χ1v) is 11.4. The van der Waals surface area contributed by atoms with Crippen LogP contribution in [0.25, 0.3) is 0 Å². The van der Waals surface area contributed by atoms with Gasteiger partial charge in [-0.2, -0.15) is 0 Å². The molecule has 0 radical (unpaired) electrons. The molecule has 30 heavy (non-hydrogen) atoms. The van der Waals surface area contributed by atoms with E-state index in [4.69, 9.17) is 9.47 Å². The Labute approximate surface area is 178 Å². The number of morpholine rings is 1. The van der Waals surface area contributed by atoms with Gasteiger partial charge in [0.1, 0.15) is 12.3 Å². The molecule has 1 aromatic heterocycles. The van der Waals surface area contributed by atoms with Crippen molar-refractivity contribution >= 4 is 5.91 Å². The smallest absolute Gasteiger partial charge is 0.278 e. The van der Waals surface area contributed by atoms with Gasteiger partial charge in [-0.25, -0.2) is 4.63 Å². The number of carbonyl (C=O) groups is 1. The van der Waals surface area contributed by atoms with Crippen molar-refractivity contribution in [2.45, 2.75) is 45.6 Å². The fourth-order valence-corrected chi connectivity index (χ4v) is 5.48. The van der Waals surface area contributed by atoms with E-state index in [1.54, 1.807) is 6.92 Å². The lowest BCUT2D eigenvalue weighted by molar-refractivity contribution is -0.145. The quantitative estimate of drug-likeness (QED) is 0.654. The van der Waals surface area contributed by atoms with Crippen molar-refractivity contribution in [2.24, 2.45) is 11.3 Å². The summed E-state index contributed by atoms with van der Waals surface area (Å²) in [6.45, 7) is 11.4. The molecule has 1 saturated carbocycles. The van der Waals surface area contributed by atoms with Crippen LogP contribution >= 0.6 is 0 Å². The molecule has 9 heteroatoms. The normalized spacial score (nSPS) is 30.6. The monoisotopic (exact) mass is 421 g/mol. The minimum atomic E-state index is -0.289. The van der Waals surface area contributed by atoms with E-state index >= 15 is 0 Å². The van der Waals surface area contributed by atoms with E-state index in [0.29, 0.717) is 36.7 Å². The summed E-state index contributed by atoms with van der Waals surface area (Å²) >= 11 is 0. The molecule has 0 unspecified atom stereocenters. The van der Waals surface area contributed by atoms with E-state index in [2.05, 4.69) is 37.0 Å². The Balaban J connectivity index is 1.37. The minimum Gasteiger partial charge on any atom is -0.472 e. The summed E-state index contributed by atoms with van der Waals surface area (Å²) in [7, 11) is 0. The molecule has 1 aliphatic carbocycles. The lowest BCUT2D eigenvalue weighted by atomic mass is 9.61. The second-order valence-electron chi connectivity index (χ2n) is 8.85. The topological polar surface area (TPSA) is 93.0 Å². The summed E-state index contributed by atoms with van der Waals surface area (Å²) in [5.74, 6) is 1.01. The fraction of sp³-hybridized carbons (Fsp3) is 0.857. The third-order valence-corrected chi connectivity index (χ3v) is 7.26. The molecule has 2 saturated heterocycles. The number of hydrogen-bond acceptors (Lipinski definition) is 8. The van der Waals surface area contributed by atoms with Crippen LogP contribution in [-0.2, 0) is 9.53 Å². The standard InChI is InChI=1S/C21H35N5O4/c1-3-25-8-5-17-14-18(26-9-12-28-13-10-26)4-6-21(17,15-25)20(27)22-7-11-29-19-16(2)23-30-24-19/h17-18H,3-15H2,1-2H3,(H,22,27)/t17-,18+,21-/m1/s1. The average molecular weight is 422 g/mol. The van der Waals surface area contributed by atoms with Gasteiger partial charge >= 0.3 is 0 Å². The second kappa shape index (κ2) is 9.62. The number of likely N-dealkylation sites (tertiary alicyclic amines) is 1. The van der Waals surface area contributed by atoms with Gasteiger partial charge in [-0.05, 0) is 56.8 Å². The zero-order chi connectivity index (χ0) is 21.0. The largest absolute Gasteiger partial charge is 0.472 e. The molecule has 0 aromatic carbocycles. The van der Waals surface area contributed by atoms with Gasteiger partial charge in [0.25, 0.3) is 5.88 Å². The Morgan fingerprint density at radius 1 is 1.27 bits per heavy atom. The number of fused-ring (bicyclic) bond motifs is 1. The first-order chi connectivity index (χ1) is 14.6.